The van der Waals surface area contributed by atoms with Crippen LogP contribution in [0.25, 0.3) is 12.2 Å². The number of nitrogens with one attached hydrogen (secondary N) is 4. The van der Waals surface area contributed by atoms with E-state index >= 15 is 0 Å². The van der Waals surface area contributed by atoms with Crippen LogP contribution in [0.15, 0.2) is 59.0 Å². The minimum Gasteiger partial charge on any atom is -0.481 e. The average molecular weight is 585 g/mol. The zero-order valence-corrected chi connectivity index (χ0v) is 24.8. The first kappa shape index (κ1) is 30.8. The number of carboxylic acids is 2. The number of hydrogen-bond donors (Lipinski definition) is 6. The molecule has 43 heavy (non-hydrogen) atoms. The summed E-state index contributed by atoms with van der Waals surface area (Å²) in [6, 6.07) is 0. The van der Waals surface area contributed by atoms with Crippen LogP contribution in [0.2, 0.25) is 0 Å². The standard InChI is InChI=1S/C33H36N4O6/c1-7-20-19(6)32(42)37-27(20)14-25-18(5)23(10-12-31(40)41)29(35-25)15-28-22(9-11-30(38)39)17(4)24(34-28)13-26-16(3)21(8-2)33(43)36-26/h7-8,13-14,34-35H,1-2,9-12,15H2,3-6H3,(H,36,43)(H,37,42)(H,38,39)(H,40,41)/b26-13?,27-14-. The molecule has 0 spiro atoms. The number of amides is 2. The number of aliphatic carboxylic acids is 2. The lowest BCUT2D eigenvalue weighted by molar-refractivity contribution is -0.138. The number of carbonyl (C=O) groups excluding carboxylic acids is 2. The number of hydrogen-bond acceptors (Lipinski definition) is 4. The Hall–Kier alpha value is -5.12. The Morgan fingerprint density at radius 3 is 1.60 bits per heavy atom. The Morgan fingerprint density at radius 2 is 1.16 bits per heavy atom. The maximum absolute atomic E-state index is 12.3. The molecule has 6 N–H and O–H groups in total. The van der Waals surface area contributed by atoms with Crippen molar-refractivity contribution < 1.29 is 29.4 Å². The fourth-order valence-electron chi connectivity index (χ4n) is 5.61. The van der Waals surface area contributed by atoms with Gasteiger partial charge in [-0.1, -0.05) is 25.3 Å². The van der Waals surface area contributed by atoms with Crippen LogP contribution < -0.4 is 10.6 Å². The Kier molecular flexibility index (Phi) is 8.89. The van der Waals surface area contributed by atoms with E-state index < -0.39 is 11.9 Å². The van der Waals surface area contributed by atoms with Crippen LogP contribution in [0.3, 0.4) is 0 Å². The van der Waals surface area contributed by atoms with Crippen LogP contribution in [0.5, 0.6) is 0 Å². The van der Waals surface area contributed by atoms with Gasteiger partial charge in [-0.25, -0.2) is 0 Å². The van der Waals surface area contributed by atoms with Crippen LogP contribution in [-0.4, -0.2) is 43.9 Å². The molecule has 0 saturated carbocycles. The second-order valence-corrected chi connectivity index (χ2v) is 10.7. The van der Waals surface area contributed by atoms with Crippen molar-refractivity contribution in [2.45, 2.75) is 59.8 Å². The summed E-state index contributed by atoms with van der Waals surface area (Å²) in [6.45, 7) is 14.9. The minimum absolute atomic E-state index is 0.0688. The fraction of sp³-hybridized carbons (Fsp3) is 0.273. The van der Waals surface area contributed by atoms with Crippen molar-refractivity contribution in [2.24, 2.45) is 0 Å². The summed E-state index contributed by atoms with van der Waals surface area (Å²) >= 11 is 0. The van der Waals surface area contributed by atoms with Gasteiger partial charge in [0.15, 0.2) is 0 Å². The summed E-state index contributed by atoms with van der Waals surface area (Å²) < 4.78 is 0. The zero-order chi connectivity index (χ0) is 31.6. The van der Waals surface area contributed by atoms with Gasteiger partial charge in [-0.05, 0) is 80.5 Å². The normalized spacial score (nSPS) is 16.8. The molecule has 0 fully saturated rings. The number of carboxylic acid groups (broad SMARTS) is 2. The van der Waals surface area contributed by atoms with Gasteiger partial charge in [0.25, 0.3) is 11.8 Å². The molecule has 10 nitrogen and oxygen atoms in total. The van der Waals surface area contributed by atoms with Crippen molar-refractivity contribution in [2.75, 3.05) is 0 Å². The highest BCUT2D eigenvalue weighted by Gasteiger charge is 2.25. The molecular weight excluding hydrogens is 548 g/mol. The molecule has 4 heterocycles. The maximum atomic E-state index is 12.3. The Bertz CT molecular complexity index is 1710. The van der Waals surface area contributed by atoms with Crippen molar-refractivity contribution in [1.82, 2.24) is 20.6 Å². The predicted molar refractivity (Wildman–Crippen MR) is 164 cm³/mol. The summed E-state index contributed by atoms with van der Waals surface area (Å²) in [4.78, 5) is 54.5. The summed E-state index contributed by atoms with van der Waals surface area (Å²) in [6.07, 6.45) is 7.58. The van der Waals surface area contributed by atoms with Crippen LogP contribution in [0.4, 0.5) is 0 Å². The second-order valence-electron chi connectivity index (χ2n) is 10.7. The smallest absolute Gasteiger partial charge is 0.303 e. The van der Waals surface area contributed by atoms with Crippen molar-refractivity contribution in [1.29, 1.82) is 0 Å². The first-order valence-electron chi connectivity index (χ1n) is 13.9. The first-order valence-corrected chi connectivity index (χ1v) is 13.9. The zero-order valence-electron chi connectivity index (χ0n) is 24.8. The minimum atomic E-state index is -0.922. The SMILES string of the molecule is C=CC1=C(C)C(=Cc2[nH]c(Cc3[nH]c(/C=C4\NC(=O)C(C)=C4C=C)c(C)c3CCC(=O)O)c(CCC(=O)O)c2C)NC1=O. The van der Waals surface area contributed by atoms with Gasteiger partial charge in [0.05, 0.1) is 5.70 Å². The lowest BCUT2D eigenvalue weighted by Crippen LogP contribution is -2.15. The molecular formula is C33H36N4O6. The molecule has 2 amide bonds. The molecule has 0 aliphatic carbocycles. The van der Waals surface area contributed by atoms with E-state index in [0.717, 1.165) is 50.6 Å². The van der Waals surface area contributed by atoms with E-state index in [9.17, 15) is 29.4 Å². The highest BCUT2D eigenvalue weighted by molar-refractivity contribution is 6.03. The summed E-state index contributed by atoms with van der Waals surface area (Å²) in [5, 5.41) is 24.6. The molecule has 2 aliphatic rings. The fourth-order valence-corrected chi connectivity index (χ4v) is 5.61. The summed E-state index contributed by atoms with van der Waals surface area (Å²) in [5.74, 6) is -2.28. The van der Waals surface area contributed by atoms with Crippen molar-refractivity contribution in [3.05, 3.63) is 104 Å². The van der Waals surface area contributed by atoms with Crippen LogP contribution in [0, 0.1) is 13.8 Å². The molecule has 0 bridgehead atoms. The summed E-state index contributed by atoms with van der Waals surface area (Å²) in [5.41, 5.74) is 10.2. The van der Waals surface area contributed by atoms with Gasteiger partial charge in [-0.2, -0.15) is 0 Å². The van der Waals surface area contributed by atoms with Gasteiger partial charge in [-0.3, -0.25) is 19.2 Å². The Labute approximate surface area is 249 Å². The number of carbonyl (C=O) groups is 4. The van der Waals surface area contributed by atoms with E-state index in [0.29, 0.717) is 34.5 Å². The molecule has 0 aromatic carbocycles. The number of aromatic nitrogens is 2. The topological polar surface area (TPSA) is 164 Å². The average Bonchev–Trinajstić information content (AvgIpc) is 3.59. The van der Waals surface area contributed by atoms with Gasteiger partial charge in [0.2, 0.25) is 0 Å². The maximum Gasteiger partial charge on any atom is 0.303 e. The predicted octanol–water partition coefficient (Wildman–Crippen LogP) is 4.53. The van der Waals surface area contributed by atoms with Gasteiger partial charge in [-0.15, -0.1) is 0 Å². The molecule has 2 aromatic rings. The van der Waals surface area contributed by atoms with E-state index in [1.807, 2.05) is 32.9 Å². The molecule has 0 atom stereocenters. The van der Waals surface area contributed by atoms with Crippen LogP contribution in [-0.2, 0) is 38.4 Å². The van der Waals surface area contributed by atoms with E-state index in [-0.39, 0.29) is 37.5 Å². The monoisotopic (exact) mass is 584 g/mol. The third-order valence-electron chi connectivity index (χ3n) is 8.11. The molecule has 2 aromatic heterocycles. The highest BCUT2D eigenvalue weighted by Crippen LogP contribution is 2.31. The molecule has 10 heteroatoms. The number of rotatable bonds is 12. The molecule has 0 saturated heterocycles. The highest BCUT2D eigenvalue weighted by atomic mass is 16.4. The molecule has 4 rings (SSSR count). The van der Waals surface area contributed by atoms with Gasteiger partial charge in [0, 0.05) is 64.5 Å². The van der Waals surface area contributed by atoms with Crippen LogP contribution >= 0.6 is 0 Å². The number of H-pyrrole nitrogens is 2. The molecule has 2 aliphatic heterocycles. The van der Waals surface area contributed by atoms with Gasteiger partial charge in [0.1, 0.15) is 0 Å². The Balaban J connectivity index is 1.80. The summed E-state index contributed by atoms with van der Waals surface area (Å²) in [7, 11) is 0. The number of aromatic amines is 2. The van der Waals surface area contributed by atoms with E-state index in [4.69, 9.17) is 0 Å². The quantitative estimate of drug-likeness (QED) is 0.215. The van der Waals surface area contributed by atoms with Crippen molar-refractivity contribution >= 4 is 35.9 Å². The number of allylic oxidation sites excluding steroid dienone is 2. The first-order chi connectivity index (χ1) is 20.4. The molecule has 224 valence electrons. The van der Waals surface area contributed by atoms with Crippen LogP contribution in [0.1, 0.15) is 71.7 Å². The molecule has 0 radical (unpaired) electrons. The largest absolute Gasteiger partial charge is 0.481 e. The van der Waals surface area contributed by atoms with E-state index in [2.05, 4.69) is 33.8 Å². The lowest BCUT2D eigenvalue weighted by Gasteiger charge is -2.07. The van der Waals surface area contributed by atoms with Gasteiger partial charge < -0.3 is 30.8 Å². The van der Waals surface area contributed by atoms with Crippen molar-refractivity contribution in [3.63, 3.8) is 0 Å². The molecule has 0 unspecified atom stereocenters. The third kappa shape index (κ3) is 6.23. The van der Waals surface area contributed by atoms with Crippen molar-refractivity contribution in [3.8, 4) is 0 Å². The second kappa shape index (κ2) is 12.4. The van der Waals surface area contributed by atoms with Gasteiger partial charge >= 0.3 is 11.9 Å². The Morgan fingerprint density at radius 1 is 0.698 bits per heavy atom. The van der Waals surface area contributed by atoms with E-state index in [1.54, 1.807) is 13.0 Å². The third-order valence-corrected chi connectivity index (χ3v) is 8.11. The van der Waals surface area contributed by atoms with E-state index in [1.165, 1.54) is 6.08 Å². The lowest BCUT2D eigenvalue weighted by atomic mass is 9.98.